The zero-order chi connectivity index (χ0) is 24.2. The zero-order valence-electron chi connectivity index (χ0n) is 19.3. The molecule has 3 atom stereocenters. The number of nitrogens with zero attached hydrogens (tertiary/aromatic N) is 2. The third kappa shape index (κ3) is 7.03. The third-order valence-corrected chi connectivity index (χ3v) is 8.26. The van der Waals surface area contributed by atoms with Crippen molar-refractivity contribution in [2.75, 3.05) is 25.9 Å². The van der Waals surface area contributed by atoms with Gasteiger partial charge in [0.05, 0.1) is 0 Å². The molecule has 1 amide bonds. The Hall–Kier alpha value is -1.92. The maximum absolute atomic E-state index is 13.2. The summed E-state index contributed by atoms with van der Waals surface area (Å²) in [5.74, 6) is 0.119. The molecule has 9 heteroatoms. The fourth-order valence-electron chi connectivity index (χ4n) is 4.03. The van der Waals surface area contributed by atoms with Crippen LogP contribution in [0, 0.1) is 5.82 Å². The van der Waals surface area contributed by atoms with Crippen molar-refractivity contribution in [2.24, 2.45) is 5.50 Å². The quantitative estimate of drug-likeness (QED) is 0.535. The van der Waals surface area contributed by atoms with Crippen LogP contribution in [-0.2, 0) is 22.1 Å². The Morgan fingerprint density at radius 1 is 1.18 bits per heavy atom. The number of hydrogen-bond donors (Lipinski definition) is 1. The van der Waals surface area contributed by atoms with Crippen LogP contribution in [0.5, 0.6) is 5.75 Å². The van der Waals surface area contributed by atoms with Crippen molar-refractivity contribution in [3.63, 3.8) is 0 Å². The Balaban J connectivity index is 1.61. The van der Waals surface area contributed by atoms with E-state index in [0.717, 1.165) is 5.56 Å². The SMILES string of the molecule is CCP(N)(=O)Cc1cc(Cl)ccc1OCC(=O)N1C[C@H](C)N(Cc2ccc(F)cc2)C[C@H]1C. The molecule has 180 valence electrons. The van der Waals surface area contributed by atoms with E-state index in [1.807, 2.05) is 11.8 Å². The first-order valence-electron chi connectivity index (χ1n) is 11.1. The summed E-state index contributed by atoms with van der Waals surface area (Å²) in [7, 11) is -2.83. The molecule has 33 heavy (non-hydrogen) atoms. The topological polar surface area (TPSA) is 75.9 Å². The molecule has 1 saturated heterocycles. The molecule has 0 radical (unpaired) electrons. The maximum atomic E-state index is 13.2. The van der Waals surface area contributed by atoms with Gasteiger partial charge in [-0.2, -0.15) is 0 Å². The highest BCUT2D eigenvalue weighted by molar-refractivity contribution is 7.60. The van der Waals surface area contributed by atoms with Crippen molar-refractivity contribution in [1.82, 2.24) is 9.80 Å². The second-order valence-corrected chi connectivity index (χ2v) is 12.1. The molecule has 1 heterocycles. The van der Waals surface area contributed by atoms with Crippen molar-refractivity contribution in [3.8, 4) is 5.75 Å². The molecular weight excluding hydrogens is 464 g/mol. The molecule has 2 aromatic carbocycles. The van der Waals surface area contributed by atoms with E-state index in [9.17, 15) is 13.8 Å². The number of halogens is 2. The molecule has 2 N–H and O–H groups in total. The summed E-state index contributed by atoms with van der Waals surface area (Å²) in [4.78, 5) is 17.1. The monoisotopic (exact) mass is 495 g/mol. The van der Waals surface area contributed by atoms with Crippen molar-refractivity contribution < 1.29 is 18.5 Å². The molecule has 0 aromatic heterocycles. The molecule has 0 spiro atoms. The van der Waals surface area contributed by atoms with Crippen LogP contribution in [0.3, 0.4) is 0 Å². The molecule has 0 saturated carbocycles. The number of nitrogens with two attached hydrogens (primary N) is 1. The van der Waals surface area contributed by atoms with Gasteiger partial charge >= 0.3 is 0 Å². The summed E-state index contributed by atoms with van der Waals surface area (Å²) in [6.07, 6.45) is 0.540. The average molecular weight is 496 g/mol. The number of rotatable bonds is 8. The minimum atomic E-state index is -2.83. The van der Waals surface area contributed by atoms with Crippen LogP contribution in [0.1, 0.15) is 31.9 Å². The van der Waals surface area contributed by atoms with Gasteiger partial charge in [-0.15, -0.1) is 0 Å². The fraction of sp³-hybridized carbons (Fsp3) is 0.458. The molecule has 2 aromatic rings. The molecule has 1 aliphatic rings. The zero-order valence-corrected chi connectivity index (χ0v) is 21.0. The molecule has 1 unspecified atom stereocenters. The van der Waals surface area contributed by atoms with E-state index < -0.39 is 7.29 Å². The van der Waals surface area contributed by atoms with Crippen LogP contribution in [0.2, 0.25) is 5.02 Å². The Bertz CT molecular complexity index is 1020. The lowest BCUT2D eigenvalue weighted by molar-refractivity contribution is -0.139. The highest BCUT2D eigenvalue weighted by Crippen LogP contribution is 2.42. The highest BCUT2D eigenvalue weighted by Gasteiger charge is 2.32. The fourth-order valence-corrected chi connectivity index (χ4v) is 5.27. The molecule has 1 aliphatic heterocycles. The highest BCUT2D eigenvalue weighted by atomic mass is 35.5. The molecular formula is C24H32ClFN3O3P. The maximum Gasteiger partial charge on any atom is 0.260 e. The number of benzene rings is 2. The van der Waals surface area contributed by atoms with Crippen LogP contribution in [0.25, 0.3) is 0 Å². The lowest BCUT2D eigenvalue weighted by Gasteiger charge is -2.44. The predicted octanol–water partition coefficient (Wildman–Crippen LogP) is 4.74. The minimum absolute atomic E-state index is 0.00628. The van der Waals surface area contributed by atoms with Crippen LogP contribution in [0.15, 0.2) is 42.5 Å². The standard InChI is InChI=1S/C24H32ClFN3O3P/c1-4-33(27,31)16-20-11-21(25)7-10-23(20)32-15-24(30)29-13-17(2)28(12-18(29)3)14-19-5-8-22(26)9-6-19/h5-11,17-18H,4,12-16H2,1-3H3,(H2,27,31)/t17-,18+,33?/m0/s1. The molecule has 6 nitrogen and oxygen atoms in total. The van der Waals surface area contributed by atoms with Gasteiger partial charge in [-0.25, -0.2) is 4.39 Å². The summed E-state index contributed by atoms with van der Waals surface area (Å²) in [5.41, 5.74) is 7.59. The van der Waals surface area contributed by atoms with Gasteiger partial charge in [-0.1, -0.05) is 30.7 Å². The Labute approximate surface area is 200 Å². The van der Waals surface area contributed by atoms with Crippen molar-refractivity contribution in [3.05, 3.63) is 64.4 Å². The van der Waals surface area contributed by atoms with Gasteiger partial charge in [0.15, 0.2) is 6.61 Å². The van der Waals surface area contributed by atoms with Gasteiger partial charge in [0, 0.05) is 54.6 Å². The first-order chi connectivity index (χ1) is 15.6. The number of carbonyl (C=O) groups excluding carboxylic acids is 1. The van der Waals surface area contributed by atoms with Gasteiger partial charge < -0.3 is 14.2 Å². The smallest absolute Gasteiger partial charge is 0.260 e. The summed E-state index contributed by atoms with van der Waals surface area (Å²) in [5, 5.41) is 0.500. The Morgan fingerprint density at radius 3 is 2.55 bits per heavy atom. The first kappa shape index (κ1) is 25.7. The Kier molecular flexibility index (Phi) is 8.57. The van der Waals surface area contributed by atoms with Gasteiger partial charge in [-0.3, -0.25) is 15.2 Å². The summed E-state index contributed by atoms with van der Waals surface area (Å²) in [6.45, 7) is 7.75. The van der Waals surface area contributed by atoms with Gasteiger partial charge in [0.25, 0.3) is 5.91 Å². The van der Waals surface area contributed by atoms with E-state index in [0.29, 0.717) is 42.1 Å². The lowest BCUT2D eigenvalue weighted by Crippen LogP contribution is -2.58. The van der Waals surface area contributed by atoms with Crippen LogP contribution < -0.4 is 10.2 Å². The van der Waals surface area contributed by atoms with Gasteiger partial charge in [0.2, 0.25) is 0 Å². The van der Waals surface area contributed by atoms with Crippen LogP contribution >= 0.6 is 18.9 Å². The molecule has 0 bridgehead atoms. The summed E-state index contributed by atoms with van der Waals surface area (Å²) >= 11 is 6.10. The lowest BCUT2D eigenvalue weighted by atomic mass is 10.1. The summed E-state index contributed by atoms with van der Waals surface area (Å²) < 4.78 is 31.5. The van der Waals surface area contributed by atoms with E-state index in [4.69, 9.17) is 21.8 Å². The van der Waals surface area contributed by atoms with E-state index in [-0.39, 0.29) is 36.6 Å². The van der Waals surface area contributed by atoms with E-state index in [2.05, 4.69) is 11.8 Å². The first-order valence-corrected chi connectivity index (χ1v) is 13.7. The van der Waals surface area contributed by atoms with Gasteiger partial charge in [-0.05, 0) is 49.7 Å². The van der Waals surface area contributed by atoms with E-state index in [1.165, 1.54) is 12.1 Å². The third-order valence-electron chi connectivity index (χ3n) is 6.08. The summed E-state index contributed by atoms with van der Waals surface area (Å²) in [6, 6.07) is 11.7. The average Bonchev–Trinajstić information content (AvgIpc) is 2.76. The number of carbonyl (C=O) groups is 1. The molecule has 0 aliphatic carbocycles. The largest absolute Gasteiger partial charge is 0.483 e. The number of hydrogen-bond acceptors (Lipinski definition) is 4. The van der Waals surface area contributed by atoms with Gasteiger partial charge in [0.1, 0.15) is 18.9 Å². The van der Waals surface area contributed by atoms with Crippen molar-refractivity contribution >= 4 is 24.8 Å². The molecule has 3 rings (SSSR count). The minimum Gasteiger partial charge on any atom is -0.483 e. The van der Waals surface area contributed by atoms with Crippen molar-refractivity contribution in [2.45, 2.75) is 45.6 Å². The second kappa shape index (κ2) is 11.0. The Morgan fingerprint density at radius 2 is 1.88 bits per heavy atom. The van der Waals surface area contributed by atoms with Crippen molar-refractivity contribution in [1.29, 1.82) is 0 Å². The van der Waals surface area contributed by atoms with E-state index >= 15 is 0 Å². The number of ether oxygens (including phenoxy) is 1. The number of amides is 1. The van der Waals surface area contributed by atoms with E-state index in [1.54, 1.807) is 37.3 Å². The predicted molar refractivity (Wildman–Crippen MR) is 130 cm³/mol. The van der Waals surface area contributed by atoms with Crippen LogP contribution in [0.4, 0.5) is 4.39 Å². The molecule has 1 fully saturated rings. The normalized spacial score (nSPS) is 21.0. The second-order valence-electron chi connectivity index (χ2n) is 8.77. The number of piperazine rings is 1. The van der Waals surface area contributed by atoms with Crippen LogP contribution in [-0.4, -0.2) is 53.6 Å².